The number of rotatable bonds is 11. The van der Waals surface area contributed by atoms with Crippen molar-refractivity contribution < 1.29 is 0 Å². The molecule has 0 aliphatic heterocycles. The summed E-state index contributed by atoms with van der Waals surface area (Å²) < 4.78 is 0. The summed E-state index contributed by atoms with van der Waals surface area (Å²) in [4.78, 5) is 0. The molecule has 24 heavy (non-hydrogen) atoms. The smallest absolute Gasteiger partial charge is 0.0162 e. The molecular weight excluding hydrogens is 288 g/mol. The Morgan fingerprint density at radius 1 is 0.708 bits per heavy atom. The van der Waals surface area contributed by atoms with E-state index in [1.165, 1.54) is 89.9 Å². The maximum atomic E-state index is 2.43. The molecule has 0 unspecified atom stereocenters. The molecule has 0 N–H and O–H groups in total. The average molecular weight is 329 g/mol. The van der Waals surface area contributed by atoms with Crippen LogP contribution >= 0.6 is 0 Å². The van der Waals surface area contributed by atoms with Crippen LogP contribution in [0.5, 0.6) is 0 Å². The van der Waals surface area contributed by atoms with Gasteiger partial charge in [-0.05, 0) is 61.5 Å². The van der Waals surface area contributed by atoms with Gasteiger partial charge in [0.2, 0.25) is 0 Å². The van der Waals surface area contributed by atoms with E-state index in [4.69, 9.17) is 0 Å². The lowest BCUT2D eigenvalue weighted by Crippen LogP contribution is -2.13. The molecule has 0 spiro atoms. The molecule has 136 valence electrons. The molecule has 1 fully saturated rings. The highest BCUT2D eigenvalue weighted by molar-refractivity contribution is 5.25. The first-order valence-corrected chi connectivity index (χ1v) is 10.9. The minimum atomic E-state index is 0.839. The number of aryl methyl sites for hydroxylation is 1. The van der Waals surface area contributed by atoms with E-state index in [1.807, 2.05) is 0 Å². The van der Waals surface area contributed by atoms with Gasteiger partial charge in [-0.15, -0.1) is 0 Å². The highest BCUT2D eigenvalue weighted by Gasteiger charge is 2.21. The Kier molecular flexibility index (Phi) is 9.54. The van der Waals surface area contributed by atoms with E-state index in [0.29, 0.717) is 0 Å². The summed E-state index contributed by atoms with van der Waals surface area (Å²) in [6.45, 7) is 4.61. The molecule has 0 heteroatoms. The maximum absolute atomic E-state index is 2.43. The van der Waals surface area contributed by atoms with E-state index in [-0.39, 0.29) is 0 Å². The van der Waals surface area contributed by atoms with Crippen LogP contribution in [0.2, 0.25) is 0 Å². The third kappa shape index (κ3) is 6.99. The lowest BCUT2D eigenvalue weighted by molar-refractivity contribution is 0.304. The molecule has 1 aromatic rings. The molecule has 0 heterocycles. The molecule has 1 aliphatic rings. The number of benzene rings is 1. The normalized spacial score (nSPS) is 21.1. The summed E-state index contributed by atoms with van der Waals surface area (Å²) in [5.41, 5.74) is 3.15. The third-order valence-corrected chi connectivity index (χ3v) is 6.08. The highest BCUT2D eigenvalue weighted by atomic mass is 14.3. The first kappa shape index (κ1) is 19.5. The zero-order valence-electron chi connectivity index (χ0n) is 16.4. The maximum Gasteiger partial charge on any atom is -0.0162 e. The van der Waals surface area contributed by atoms with E-state index in [0.717, 1.165) is 11.8 Å². The van der Waals surface area contributed by atoms with Gasteiger partial charge >= 0.3 is 0 Å². The molecule has 0 nitrogen and oxygen atoms in total. The summed E-state index contributed by atoms with van der Waals surface area (Å²) in [6, 6.07) is 9.68. The second-order valence-electron chi connectivity index (χ2n) is 8.12. The van der Waals surface area contributed by atoms with Crippen LogP contribution in [-0.2, 0) is 6.42 Å². The fourth-order valence-electron chi connectivity index (χ4n) is 4.34. The zero-order chi connectivity index (χ0) is 17.0. The van der Waals surface area contributed by atoms with Crippen LogP contribution in [0.3, 0.4) is 0 Å². The molecule has 1 aliphatic carbocycles. The molecule has 0 amide bonds. The minimum Gasteiger partial charge on any atom is -0.0654 e. The van der Waals surface area contributed by atoms with E-state index >= 15 is 0 Å². The zero-order valence-corrected chi connectivity index (χ0v) is 16.4. The topological polar surface area (TPSA) is 0 Å². The molecule has 1 saturated carbocycles. The molecule has 0 bridgehead atoms. The van der Waals surface area contributed by atoms with Crippen LogP contribution in [0.4, 0.5) is 0 Å². The van der Waals surface area contributed by atoms with E-state index in [2.05, 4.69) is 38.1 Å². The Labute approximate surface area is 151 Å². The predicted molar refractivity (Wildman–Crippen MR) is 108 cm³/mol. The predicted octanol–water partition coefficient (Wildman–Crippen LogP) is 8.05. The van der Waals surface area contributed by atoms with Crippen molar-refractivity contribution >= 4 is 0 Å². The van der Waals surface area contributed by atoms with Gasteiger partial charge in [0.15, 0.2) is 0 Å². The van der Waals surface area contributed by atoms with E-state index in [1.54, 1.807) is 11.1 Å². The first-order valence-electron chi connectivity index (χ1n) is 10.9. The lowest BCUT2D eigenvalue weighted by Gasteiger charge is -2.29. The highest BCUT2D eigenvalue weighted by Crippen LogP contribution is 2.37. The summed E-state index contributed by atoms with van der Waals surface area (Å²) in [7, 11) is 0. The van der Waals surface area contributed by atoms with Gasteiger partial charge in [0.1, 0.15) is 0 Å². The van der Waals surface area contributed by atoms with Crippen molar-refractivity contribution in [2.45, 2.75) is 110 Å². The Morgan fingerprint density at radius 2 is 1.33 bits per heavy atom. The van der Waals surface area contributed by atoms with Gasteiger partial charge in [0.25, 0.3) is 0 Å². The molecular formula is C24H40. The average Bonchev–Trinajstić information content (AvgIpc) is 2.64. The van der Waals surface area contributed by atoms with Crippen LogP contribution in [0.15, 0.2) is 24.3 Å². The molecule has 1 aromatic carbocycles. The Morgan fingerprint density at radius 3 is 2.00 bits per heavy atom. The molecule has 0 atom stereocenters. The first-order chi connectivity index (χ1) is 11.8. The SMILES string of the molecule is CCCCCCCCc1ccc(C2CCC(CCCC)CC2)cc1. The van der Waals surface area contributed by atoms with Gasteiger partial charge in [-0.3, -0.25) is 0 Å². The van der Waals surface area contributed by atoms with Gasteiger partial charge in [-0.2, -0.15) is 0 Å². The largest absolute Gasteiger partial charge is 0.0654 e. The van der Waals surface area contributed by atoms with Gasteiger partial charge in [0, 0.05) is 0 Å². The second kappa shape index (κ2) is 11.7. The van der Waals surface area contributed by atoms with Gasteiger partial charge in [0.05, 0.1) is 0 Å². The van der Waals surface area contributed by atoms with Crippen molar-refractivity contribution in [2.24, 2.45) is 5.92 Å². The minimum absolute atomic E-state index is 0.839. The quantitative estimate of drug-likeness (QED) is 0.360. The van der Waals surface area contributed by atoms with Crippen molar-refractivity contribution in [3.63, 3.8) is 0 Å². The Balaban J connectivity index is 1.67. The van der Waals surface area contributed by atoms with Crippen LogP contribution in [0.25, 0.3) is 0 Å². The number of hydrogen-bond donors (Lipinski definition) is 0. The van der Waals surface area contributed by atoms with Crippen molar-refractivity contribution in [3.8, 4) is 0 Å². The molecule has 2 rings (SSSR count). The Bertz CT molecular complexity index is 408. The van der Waals surface area contributed by atoms with Crippen LogP contribution < -0.4 is 0 Å². The summed E-state index contributed by atoms with van der Waals surface area (Å²) in [5, 5.41) is 0. The Hall–Kier alpha value is -0.780. The fraction of sp³-hybridized carbons (Fsp3) is 0.750. The van der Waals surface area contributed by atoms with Crippen molar-refractivity contribution in [3.05, 3.63) is 35.4 Å². The summed E-state index contributed by atoms with van der Waals surface area (Å²) in [5.74, 6) is 1.86. The van der Waals surface area contributed by atoms with E-state index in [9.17, 15) is 0 Å². The standard InChI is InChI=1S/C24H40/c1-3-5-7-8-9-10-12-22-15-19-24(20-16-22)23-17-13-21(14-18-23)11-6-4-2/h15-16,19-21,23H,3-14,17-18H2,1-2H3. The number of hydrogen-bond acceptors (Lipinski definition) is 0. The summed E-state index contributed by atoms with van der Waals surface area (Å²) >= 11 is 0. The second-order valence-corrected chi connectivity index (χ2v) is 8.12. The summed E-state index contributed by atoms with van der Waals surface area (Å²) in [6.07, 6.45) is 19.7. The fourth-order valence-corrected chi connectivity index (χ4v) is 4.34. The van der Waals surface area contributed by atoms with Gasteiger partial charge < -0.3 is 0 Å². The number of unbranched alkanes of at least 4 members (excludes halogenated alkanes) is 6. The lowest BCUT2D eigenvalue weighted by atomic mass is 9.77. The van der Waals surface area contributed by atoms with Crippen molar-refractivity contribution in [2.75, 3.05) is 0 Å². The van der Waals surface area contributed by atoms with Gasteiger partial charge in [-0.1, -0.05) is 89.5 Å². The van der Waals surface area contributed by atoms with Gasteiger partial charge in [-0.25, -0.2) is 0 Å². The van der Waals surface area contributed by atoms with E-state index < -0.39 is 0 Å². The molecule has 0 radical (unpaired) electrons. The third-order valence-electron chi connectivity index (χ3n) is 6.08. The van der Waals surface area contributed by atoms with Crippen LogP contribution in [0.1, 0.15) is 114 Å². The molecule has 0 aromatic heterocycles. The van der Waals surface area contributed by atoms with Crippen LogP contribution in [-0.4, -0.2) is 0 Å². The monoisotopic (exact) mass is 328 g/mol. The molecule has 0 saturated heterocycles. The van der Waals surface area contributed by atoms with Crippen molar-refractivity contribution in [1.29, 1.82) is 0 Å². The van der Waals surface area contributed by atoms with Crippen molar-refractivity contribution in [1.82, 2.24) is 0 Å². The van der Waals surface area contributed by atoms with Crippen LogP contribution in [0, 0.1) is 5.92 Å².